The molecule has 1 unspecified atom stereocenters. The first-order valence-corrected chi connectivity index (χ1v) is 5.48. The van der Waals surface area contributed by atoms with Crippen molar-refractivity contribution in [1.29, 1.82) is 0 Å². The summed E-state index contributed by atoms with van der Waals surface area (Å²) in [4.78, 5) is 10.9. The van der Waals surface area contributed by atoms with E-state index in [1.165, 1.54) is 18.9 Å². The lowest BCUT2D eigenvalue weighted by molar-refractivity contribution is 0.0698. The molecule has 2 rings (SSSR count). The van der Waals surface area contributed by atoms with Crippen LogP contribution in [0.15, 0.2) is 18.2 Å². The van der Waals surface area contributed by atoms with E-state index in [0.717, 1.165) is 5.69 Å². The molecule has 0 aliphatic heterocycles. The summed E-state index contributed by atoms with van der Waals surface area (Å²) in [6, 6.07) is 5.40. The third kappa shape index (κ3) is 2.10. The molecule has 0 bridgehead atoms. The molecule has 0 amide bonds. The van der Waals surface area contributed by atoms with Crippen LogP contribution in [-0.4, -0.2) is 17.1 Å². The molecule has 0 spiro atoms. The normalized spacial score (nSPS) is 16.8. The zero-order valence-corrected chi connectivity index (χ0v) is 9.23. The van der Waals surface area contributed by atoms with Crippen LogP contribution in [0.4, 0.5) is 11.4 Å². The van der Waals surface area contributed by atoms with Crippen molar-refractivity contribution in [2.24, 2.45) is 5.92 Å². The van der Waals surface area contributed by atoms with Crippen molar-refractivity contribution in [3.8, 4) is 0 Å². The molecule has 86 valence electrons. The van der Waals surface area contributed by atoms with E-state index >= 15 is 0 Å². The van der Waals surface area contributed by atoms with Gasteiger partial charge in [0.2, 0.25) is 0 Å². The number of nitrogens with one attached hydrogen (secondary N) is 1. The first-order valence-electron chi connectivity index (χ1n) is 5.48. The second kappa shape index (κ2) is 4.04. The molecular weight excluding hydrogens is 204 g/mol. The molecule has 16 heavy (non-hydrogen) atoms. The lowest BCUT2D eigenvalue weighted by Gasteiger charge is -2.16. The fourth-order valence-corrected chi connectivity index (χ4v) is 1.84. The number of hydrogen-bond acceptors (Lipinski definition) is 3. The number of anilines is 2. The van der Waals surface area contributed by atoms with Crippen molar-refractivity contribution >= 4 is 17.3 Å². The maximum Gasteiger partial charge on any atom is 0.337 e. The molecule has 4 heteroatoms. The number of benzene rings is 1. The predicted molar refractivity (Wildman–Crippen MR) is 63.6 cm³/mol. The largest absolute Gasteiger partial charge is 0.478 e. The van der Waals surface area contributed by atoms with Crippen molar-refractivity contribution in [3.05, 3.63) is 23.8 Å². The Morgan fingerprint density at radius 3 is 2.81 bits per heavy atom. The van der Waals surface area contributed by atoms with E-state index in [9.17, 15) is 4.79 Å². The maximum atomic E-state index is 10.9. The van der Waals surface area contributed by atoms with E-state index in [2.05, 4.69) is 12.2 Å². The highest BCUT2D eigenvalue weighted by molar-refractivity contribution is 5.97. The lowest BCUT2D eigenvalue weighted by atomic mass is 10.1. The van der Waals surface area contributed by atoms with E-state index in [1.807, 2.05) is 6.07 Å². The molecular formula is C12H16N2O2. The molecule has 1 aliphatic rings. The highest BCUT2D eigenvalue weighted by Crippen LogP contribution is 2.35. The van der Waals surface area contributed by atoms with Crippen LogP contribution in [-0.2, 0) is 0 Å². The summed E-state index contributed by atoms with van der Waals surface area (Å²) in [6.07, 6.45) is 2.49. The number of para-hydroxylation sites is 1. The van der Waals surface area contributed by atoms with Gasteiger partial charge in [-0.1, -0.05) is 6.07 Å². The minimum Gasteiger partial charge on any atom is -0.478 e. The number of carbonyl (C=O) groups is 1. The summed E-state index contributed by atoms with van der Waals surface area (Å²) >= 11 is 0. The number of nitrogens with two attached hydrogens (primary N) is 1. The Morgan fingerprint density at radius 1 is 1.56 bits per heavy atom. The van der Waals surface area contributed by atoms with E-state index < -0.39 is 5.97 Å². The molecule has 1 aromatic rings. The van der Waals surface area contributed by atoms with Gasteiger partial charge in [0, 0.05) is 6.04 Å². The molecule has 4 nitrogen and oxygen atoms in total. The standard InChI is InChI=1S/C12H16N2O2/c1-7(8-5-6-8)14-10-4-2-3-9(11(10)13)12(15)16/h2-4,7-8,14H,5-6,13H2,1H3,(H,15,16). The number of carboxylic acid groups (broad SMARTS) is 1. The molecule has 0 saturated heterocycles. The Hall–Kier alpha value is -1.71. The van der Waals surface area contributed by atoms with Gasteiger partial charge >= 0.3 is 5.97 Å². The van der Waals surface area contributed by atoms with E-state index in [-0.39, 0.29) is 5.56 Å². The van der Waals surface area contributed by atoms with E-state index in [1.54, 1.807) is 6.07 Å². The minimum atomic E-state index is -0.986. The van der Waals surface area contributed by atoms with Gasteiger partial charge < -0.3 is 16.2 Å². The Kier molecular flexibility index (Phi) is 2.73. The zero-order chi connectivity index (χ0) is 11.7. The van der Waals surface area contributed by atoms with Crippen LogP contribution in [0, 0.1) is 5.92 Å². The van der Waals surface area contributed by atoms with Crippen LogP contribution in [0.2, 0.25) is 0 Å². The highest BCUT2D eigenvalue weighted by Gasteiger charge is 2.28. The molecule has 1 aromatic carbocycles. The van der Waals surface area contributed by atoms with Crippen molar-refractivity contribution < 1.29 is 9.90 Å². The monoisotopic (exact) mass is 220 g/mol. The molecule has 0 aromatic heterocycles. The van der Waals surface area contributed by atoms with Crippen LogP contribution in [0.3, 0.4) is 0 Å². The molecule has 1 aliphatic carbocycles. The molecule has 0 radical (unpaired) electrons. The first kappa shape index (κ1) is 10.8. The second-order valence-electron chi connectivity index (χ2n) is 4.34. The Labute approximate surface area is 94.5 Å². The van der Waals surface area contributed by atoms with Crippen LogP contribution >= 0.6 is 0 Å². The van der Waals surface area contributed by atoms with Crippen LogP contribution in [0.1, 0.15) is 30.1 Å². The average molecular weight is 220 g/mol. The summed E-state index contributed by atoms with van der Waals surface area (Å²) in [6.45, 7) is 2.10. The molecule has 1 saturated carbocycles. The average Bonchev–Trinajstić information content (AvgIpc) is 3.03. The third-order valence-electron chi connectivity index (χ3n) is 3.05. The molecule has 0 heterocycles. The quantitative estimate of drug-likeness (QED) is 0.680. The minimum absolute atomic E-state index is 0.160. The van der Waals surface area contributed by atoms with Gasteiger partial charge in [0.15, 0.2) is 0 Å². The fourth-order valence-electron chi connectivity index (χ4n) is 1.84. The van der Waals surface area contributed by atoms with Gasteiger partial charge in [0.25, 0.3) is 0 Å². The SMILES string of the molecule is CC(Nc1cccc(C(=O)O)c1N)C1CC1. The van der Waals surface area contributed by atoms with E-state index in [0.29, 0.717) is 17.6 Å². The highest BCUT2D eigenvalue weighted by atomic mass is 16.4. The zero-order valence-electron chi connectivity index (χ0n) is 9.23. The Bertz CT molecular complexity index is 413. The summed E-state index contributed by atoms with van der Waals surface area (Å²) < 4.78 is 0. The van der Waals surface area contributed by atoms with Crippen molar-refractivity contribution in [3.63, 3.8) is 0 Å². The first-order chi connectivity index (χ1) is 7.59. The van der Waals surface area contributed by atoms with Crippen molar-refractivity contribution in [2.45, 2.75) is 25.8 Å². The number of nitrogen functional groups attached to an aromatic ring is 1. The van der Waals surface area contributed by atoms with Gasteiger partial charge in [-0.2, -0.15) is 0 Å². The summed E-state index contributed by atoms with van der Waals surface area (Å²) in [5.41, 5.74) is 7.01. The van der Waals surface area contributed by atoms with Gasteiger partial charge in [-0.05, 0) is 37.8 Å². The van der Waals surface area contributed by atoms with Gasteiger partial charge in [-0.15, -0.1) is 0 Å². The van der Waals surface area contributed by atoms with Crippen molar-refractivity contribution in [1.82, 2.24) is 0 Å². The topological polar surface area (TPSA) is 75.3 Å². The summed E-state index contributed by atoms with van der Waals surface area (Å²) in [5, 5.41) is 12.2. The van der Waals surface area contributed by atoms with Crippen LogP contribution in [0.5, 0.6) is 0 Å². The lowest BCUT2D eigenvalue weighted by Crippen LogP contribution is -2.19. The maximum absolute atomic E-state index is 10.9. The number of aromatic carboxylic acids is 1. The number of carboxylic acids is 1. The predicted octanol–water partition coefficient (Wildman–Crippen LogP) is 2.18. The van der Waals surface area contributed by atoms with Crippen LogP contribution < -0.4 is 11.1 Å². The van der Waals surface area contributed by atoms with Crippen LogP contribution in [0.25, 0.3) is 0 Å². The number of hydrogen-bond donors (Lipinski definition) is 3. The van der Waals surface area contributed by atoms with E-state index in [4.69, 9.17) is 10.8 Å². The van der Waals surface area contributed by atoms with Gasteiger partial charge in [-0.25, -0.2) is 4.79 Å². The Morgan fingerprint density at radius 2 is 2.25 bits per heavy atom. The summed E-state index contributed by atoms with van der Waals surface area (Å²) in [7, 11) is 0. The molecule has 4 N–H and O–H groups in total. The summed E-state index contributed by atoms with van der Waals surface area (Å²) in [5.74, 6) is -0.284. The molecule has 1 atom stereocenters. The number of rotatable bonds is 4. The third-order valence-corrected chi connectivity index (χ3v) is 3.05. The molecule has 1 fully saturated rings. The Balaban J connectivity index is 2.19. The van der Waals surface area contributed by atoms with Gasteiger partial charge in [-0.3, -0.25) is 0 Å². The van der Waals surface area contributed by atoms with Crippen molar-refractivity contribution in [2.75, 3.05) is 11.1 Å². The fraction of sp³-hybridized carbons (Fsp3) is 0.417. The second-order valence-corrected chi connectivity index (χ2v) is 4.34. The van der Waals surface area contributed by atoms with Gasteiger partial charge in [0.1, 0.15) is 0 Å². The van der Waals surface area contributed by atoms with Gasteiger partial charge in [0.05, 0.1) is 16.9 Å². The smallest absolute Gasteiger partial charge is 0.337 e.